The number of nitrogens with zero attached hydrogens (tertiary/aromatic N) is 2. The largest absolute Gasteiger partial charge is 0.464 e. The number of hydrogen-bond acceptors (Lipinski definition) is 6. The van der Waals surface area contributed by atoms with E-state index >= 15 is 0 Å². The zero-order valence-corrected chi connectivity index (χ0v) is 14.8. The molecule has 9 heteroatoms. The summed E-state index contributed by atoms with van der Waals surface area (Å²) in [6, 6.07) is 4.14. The fourth-order valence-electron chi connectivity index (χ4n) is 2.74. The van der Waals surface area contributed by atoms with Crippen LogP contribution in [-0.2, 0) is 9.53 Å². The summed E-state index contributed by atoms with van der Waals surface area (Å²) in [5, 5.41) is 11.3. The van der Waals surface area contributed by atoms with E-state index in [1.54, 1.807) is 19.1 Å². The van der Waals surface area contributed by atoms with E-state index in [0.29, 0.717) is 27.2 Å². The number of rotatable bonds is 4. The van der Waals surface area contributed by atoms with Crippen LogP contribution >= 0.6 is 15.9 Å². The van der Waals surface area contributed by atoms with Crippen LogP contribution in [0, 0.1) is 17.2 Å². The van der Waals surface area contributed by atoms with E-state index < -0.39 is 24.0 Å². The predicted molar refractivity (Wildman–Crippen MR) is 89.3 cm³/mol. The van der Waals surface area contributed by atoms with Gasteiger partial charge in [0.25, 0.3) is 0 Å². The smallest absolute Gasteiger partial charge is 0.341 e. The van der Waals surface area contributed by atoms with Crippen LogP contribution < -0.4 is 14.8 Å². The molecule has 25 heavy (non-hydrogen) atoms. The van der Waals surface area contributed by atoms with Crippen LogP contribution in [0.1, 0.15) is 24.9 Å². The van der Waals surface area contributed by atoms with Crippen molar-refractivity contribution < 1.29 is 23.8 Å². The van der Waals surface area contributed by atoms with Gasteiger partial charge in [0.05, 0.1) is 18.5 Å². The average molecular weight is 408 g/mol. The van der Waals surface area contributed by atoms with Crippen LogP contribution in [-0.4, -0.2) is 31.1 Å². The molecule has 1 aromatic rings. The monoisotopic (exact) mass is 407 g/mol. The molecule has 0 saturated heterocycles. The van der Waals surface area contributed by atoms with Gasteiger partial charge in [-0.3, -0.25) is 4.79 Å². The fraction of sp³-hybridized carbons (Fsp3) is 0.375. The summed E-state index contributed by atoms with van der Waals surface area (Å²) in [6.45, 7) is 1.70. The Kier molecular flexibility index (Phi) is 4.90. The lowest BCUT2D eigenvalue weighted by Gasteiger charge is -2.30. The number of urea groups is 1. The lowest BCUT2D eigenvalue weighted by molar-refractivity contribution is -0.146. The normalized spacial score (nSPS) is 21.2. The van der Waals surface area contributed by atoms with Gasteiger partial charge in [-0.15, -0.1) is 0 Å². The topological polar surface area (TPSA) is 110 Å². The van der Waals surface area contributed by atoms with Crippen molar-refractivity contribution in [3.8, 4) is 17.6 Å². The molecule has 0 spiro atoms. The minimum atomic E-state index is -0.798. The third-order valence-corrected chi connectivity index (χ3v) is 4.57. The second-order valence-electron chi connectivity index (χ2n) is 5.46. The van der Waals surface area contributed by atoms with Crippen molar-refractivity contribution in [3.63, 3.8) is 0 Å². The number of nitrogens with one attached hydrogen (secondary N) is 1. The zero-order chi connectivity index (χ0) is 18.0. The molecule has 2 heterocycles. The Morgan fingerprint density at radius 1 is 1.48 bits per heavy atom. The molecule has 8 nitrogen and oxygen atoms in total. The first kappa shape index (κ1) is 17.2. The molecule has 2 amide bonds. The highest BCUT2D eigenvalue weighted by atomic mass is 79.9. The number of fused-ring (bicyclic) bond motifs is 1. The summed E-state index contributed by atoms with van der Waals surface area (Å²) < 4.78 is 16.5. The molecule has 1 aromatic carbocycles. The molecule has 0 bridgehead atoms. The SMILES string of the molecule is CC1=NC(=O)NC(c2cc3c(cc2Br)OCO3)C1C(=O)OCCC#N. The number of esters is 1. The number of halogens is 1. The molecule has 0 aromatic heterocycles. The number of aliphatic imine (C=N–C) groups is 1. The first-order valence-electron chi connectivity index (χ1n) is 7.49. The number of carbonyl (C=O) groups excluding carboxylic acids is 2. The van der Waals surface area contributed by atoms with E-state index in [1.807, 2.05) is 6.07 Å². The van der Waals surface area contributed by atoms with Gasteiger partial charge in [-0.1, -0.05) is 15.9 Å². The van der Waals surface area contributed by atoms with Crippen LogP contribution in [0.4, 0.5) is 4.79 Å². The second-order valence-corrected chi connectivity index (χ2v) is 6.31. The molecule has 2 atom stereocenters. The number of hydrogen-bond donors (Lipinski definition) is 1. The Hall–Kier alpha value is -2.60. The van der Waals surface area contributed by atoms with Gasteiger partial charge in [-0.05, 0) is 24.6 Å². The molecule has 0 saturated carbocycles. The highest BCUT2D eigenvalue weighted by molar-refractivity contribution is 9.10. The lowest BCUT2D eigenvalue weighted by Crippen LogP contribution is -2.44. The van der Waals surface area contributed by atoms with E-state index in [0.717, 1.165) is 0 Å². The van der Waals surface area contributed by atoms with Gasteiger partial charge in [-0.25, -0.2) is 9.79 Å². The number of ether oxygens (including phenoxy) is 3. The van der Waals surface area contributed by atoms with Gasteiger partial charge in [-0.2, -0.15) is 5.26 Å². The first-order chi connectivity index (χ1) is 12.0. The zero-order valence-electron chi connectivity index (χ0n) is 13.2. The van der Waals surface area contributed by atoms with Crippen molar-refractivity contribution in [1.82, 2.24) is 5.32 Å². The van der Waals surface area contributed by atoms with Crippen molar-refractivity contribution in [2.75, 3.05) is 13.4 Å². The highest BCUT2D eigenvalue weighted by Crippen LogP contribution is 2.41. The minimum absolute atomic E-state index is 0.0118. The second kappa shape index (κ2) is 7.11. The maximum Gasteiger partial charge on any atom is 0.341 e. The van der Waals surface area contributed by atoms with Crippen molar-refractivity contribution in [3.05, 3.63) is 22.2 Å². The maximum atomic E-state index is 12.5. The third kappa shape index (κ3) is 3.44. The molecule has 0 fully saturated rings. The number of nitriles is 1. The van der Waals surface area contributed by atoms with Gasteiger partial charge in [0.2, 0.25) is 6.79 Å². The molecule has 0 radical (unpaired) electrons. The molecular weight excluding hydrogens is 394 g/mol. The van der Waals surface area contributed by atoms with E-state index in [9.17, 15) is 9.59 Å². The molecular formula is C16H14BrN3O5. The van der Waals surface area contributed by atoms with E-state index in [2.05, 4.69) is 26.2 Å². The summed E-state index contributed by atoms with van der Waals surface area (Å²) in [6.07, 6.45) is 0.0966. The Balaban J connectivity index is 1.95. The van der Waals surface area contributed by atoms with Crippen molar-refractivity contribution >= 4 is 33.6 Å². The van der Waals surface area contributed by atoms with Gasteiger partial charge >= 0.3 is 12.0 Å². The third-order valence-electron chi connectivity index (χ3n) is 3.88. The Morgan fingerprint density at radius 3 is 2.92 bits per heavy atom. The van der Waals surface area contributed by atoms with Crippen LogP contribution in [0.25, 0.3) is 0 Å². The summed E-state index contributed by atoms with van der Waals surface area (Å²) in [5.74, 6) is -0.236. The van der Waals surface area contributed by atoms with Gasteiger partial charge in [0, 0.05) is 10.2 Å². The number of benzene rings is 1. The van der Waals surface area contributed by atoms with Crippen LogP contribution in [0.2, 0.25) is 0 Å². The molecule has 2 aliphatic rings. The van der Waals surface area contributed by atoms with Gasteiger partial charge in [0.15, 0.2) is 11.5 Å². The average Bonchev–Trinajstić information content (AvgIpc) is 3.00. The lowest BCUT2D eigenvalue weighted by atomic mass is 9.88. The van der Waals surface area contributed by atoms with Crippen molar-refractivity contribution in [2.24, 2.45) is 10.9 Å². The molecule has 3 rings (SSSR count). The Labute approximate surface area is 151 Å². The summed E-state index contributed by atoms with van der Waals surface area (Å²) >= 11 is 3.44. The van der Waals surface area contributed by atoms with Crippen LogP contribution in [0.15, 0.2) is 21.6 Å². The van der Waals surface area contributed by atoms with E-state index in [1.165, 1.54) is 0 Å². The van der Waals surface area contributed by atoms with Crippen LogP contribution in [0.3, 0.4) is 0 Å². The summed E-state index contributed by atoms with van der Waals surface area (Å²) in [5.41, 5.74) is 0.995. The molecule has 0 aliphatic carbocycles. The quantitative estimate of drug-likeness (QED) is 0.606. The van der Waals surface area contributed by atoms with Crippen molar-refractivity contribution in [1.29, 1.82) is 5.26 Å². The number of amides is 2. The molecule has 130 valence electrons. The van der Waals surface area contributed by atoms with E-state index in [4.69, 9.17) is 19.5 Å². The van der Waals surface area contributed by atoms with E-state index in [-0.39, 0.29) is 19.8 Å². The standard InChI is InChI=1S/C16H14BrN3O5/c1-8-13(15(21)23-4-2-3-18)14(20-16(22)19-8)9-5-11-12(6-10(9)17)25-7-24-11/h5-6,13-14H,2,4,7H2,1H3,(H,20,22). The Bertz CT molecular complexity index is 802. The van der Waals surface area contributed by atoms with Gasteiger partial charge in [0.1, 0.15) is 12.5 Å². The molecule has 1 N–H and O–H groups in total. The van der Waals surface area contributed by atoms with Crippen molar-refractivity contribution in [2.45, 2.75) is 19.4 Å². The summed E-state index contributed by atoms with van der Waals surface area (Å²) in [7, 11) is 0. The number of carbonyl (C=O) groups is 2. The first-order valence-corrected chi connectivity index (χ1v) is 8.29. The van der Waals surface area contributed by atoms with Gasteiger partial charge < -0.3 is 19.5 Å². The highest BCUT2D eigenvalue weighted by Gasteiger charge is 2.39. The summed E-state index contributed by atoms with van der Waals surface area (Å²) in [4.78, 5) is 28.2. The fourth-order valence-corrected chi connectivity index (χ4v) is 3.31. The van der Waals surface area contributed by atoms with Crippen LogP contribution in [0.5, 0.6) is 11.5 Å². The predicted octanol–water partition coefficient (Wildman–Crippen LogP) is 2.48. The maximum absolute atomic E-state index is 12.5. The molecule has 2 aliphatic heterocycles. The molecule has 2 unspecified atom stereocenters. The Morgan fingerprint density at radius 2 is 2.20 bits per heavy atom. The minimum Gasteiger partial charge on any atom is -0.464 e.